The smallest absolute Gasteiger partial charge is 0.226 e. The van der Waals surface area contributed by atoms with E-state index >= 15 is 0 Å². The lowest BCUT2D eigenvalue weighted by atomic mass is 9.97. The van der Waals surface area contributed by atoms with Crippen LogP contribution in [0.15, 0.2) is 0 Å². The summed E-state index contributed by atoms with van der Waals surface area (Å²) in [5.74, 6) is 0.525. The van der Waals surface area contributed by atoms with Crippen LogP contribution in [0.1, 0.15) is 41.0 Å². The standard InChI is InChI=1S/C10H19NO/c1-7(2)11-9(12)8(3)6-10(11,4)5/h7-8H,6H2,1-5H3. The van der Waals surface area contributed by atoms with Crippen LogP contribution in [0, 0.1) is 5.92 Å². The second-order valence-electron chi connectivity index (χ2n) is 4.72. The van der Waals surface area contributed by atoms with Gasteiger partial charge >= 0.3 is 0 Å². The first-order chi connectivity index (χ1) is 5.36. The minimum Gasteiger partial charge on any atom is -0.335 e. The molecule has 0 aliphatic carbocycles. The van der Waals surface area contributed by atoms with Crippen molar-refractivity contribution in [3.8, 4) is 0 Å². The van der Waals surface area contributed by atoms with E-state index in [4.69, 9.17) is 0 Å². The average Bonchev–Trinajstić information content (AvgIpc) is 2.01. The van der Waals surface area contributed by atoms with Crippen LogP contribution < -0.4 is 0 Å². The summed E-state index contributed by atoms with van der Waals surface area (Å²) in [4.78, 5) is 13.7. The topological polar surface area (TPSA) is 20.3 Å². The number of hydrogen-bond donors (Lipinski definition) is 0. The Morgan fingerprint density at radius 1 is 1.50 bits per heavy atom. The predicted octanol–water partition coefficient (Wildman–Crippen LogP) is 2.04. The fourth-order valence-corrected chi connectivity index (χ4v) is 2.42. The van der Waals surface area contributed by atoms with Gasteiger partial charge in [0.15, 0.2) is 0 Å². The van der Waals surface area contributed by atoms with Crippen molar-refractivity contribution in [3.63, 3.8) is 0 Å². The third-order valence-corrected chi connectivity index (χ3v) is 2.63. The summed E-state index contributed by atoms with van der Waals surface area (Å²) in [6, 6.07) is 0.331. The van der Waals surface area contributed by atoms with Gasteiger partial charge in [-0.3, -0.25) is 4.79 Å². The van der Waals surface area contributed by atoms with E-state index in [1.54, 1.807) is 0 Å². The maximum Gasteiger partial charge on any atom is 0.226 e. The Morgan fingerprint density at radius 3 is 2.17 bits per heavy atom. The van der Waals surface area contributed by atoms with Crippen LogP contribution in [0.5, 0.6) is 0 Å². The van der Waals surface area contributed by atoms with Gasteiger partial charge in [0.1, 0.15) is 0 Å². The van der Waals surface area contributed by atoms with Crippen molar-refractivity contribution in [2.24, 2.45) is 5.92 Å². The summed E-state index contributed by atoms with van der Waals surface area (Å²) in [7, 11) is 0. The Labute approximate surface area is 74.9 Å². The zero-order chi connectivity index (χ0) is 9.52. The molecule has 0 aromatic carbocycles. The number of carbonyl (C=O) groups is 1. The lowest BCUT2D eigenvalue weighted by Crippen LogP contribution is -2.45. The van der Waals surface area contributed by atoms with Gasteiger partial charge in [0.05, 0.1) is 0 Å². The van der Waals surface area contributed by atoms with Crippen molar-refractivity contribution in [2.45, 2.75) is 52.6 Å². The van der Waals surface area contributed by atoms with Crippen LogP contribution in [-0.4, -0.2) is 22.4 Å². The average molecular weight is 169 g/mol. The van der Waals surface area contributed by atoms with E-state index in [0.29, 0.717) is 11.9 Å². The number of amides is 1. The molecule has 1 amide bonds. The molecule has 12 heavy (non-hydrogen) atoms. The summed E-state index contributed by atoms with van der Waals surface area (Å²) in [5, 5.41) is 0. The number of nitrogens with zero attached hydrogens (tertiary/aromatic N) is 1. The highest BCUT2D eigenvalue weighted by atomic mass is 16.2. The van der Waals surface area contributed by atoms with Crippen LogP contribution in [0.25, 0.3) is 0 Å². The molecule has 2 heteroatoms. The van der Waals surface area contributed by atoms with Gasteiger partial charge in [-0.25, -0.2) is 0 Å². The van der Waals surface area contributed by atoms with Crippen molar-refractivity contribution in [1.29, 1.82) is 0 Å². The molecule has 2 nitrogen and oxygen atoms in total. The molecular weight excluding hydrogens is 150 g/mol. The molecule has 0 radical (unpaired) electrons. The first-order valence-corrected chi connectivity index (χ1v) is 4.69. The summed E-state index contributed by atoms with van der Waals surface area (Å²) in [6.07, 6.45) is 0.990. The summed E-state index contributed by atoms with van der Waals surface area (Å²) in [5.41, 5.74) is 0.0602. The monoisotopic (exact) mass is 169 g/mol. The first kappa shape index (κ1) is 9.56. The molecule has 0 bridgehead atoms. The summed E-state index contributed by atoms with van der Waals surface area (Å²) in [6.45, 7) is 10.5. The van der Waals surface area contributed by atoms with Crippen LogP contribution in [0.2, 0.25) is 0 Å². The minimum absolute atomic E-state index is 0.0602. The van der Waals surface area contributed by atoms with E-state index in [-0.39, 0.29) is 11.5 Å². The molecule has 1 saturated heterocycles. The highest BCUT2D eigenvalue weighted by Crippen LogP contribution is 2.34. The van der Waals surface area contributed by atoms with Crippen LogP contribution in [0.4, 0.5) is 0 Å². The quantitative estimate of drug-likeness (QED) is 0.588. The van der Waals surface area contributed by atoms with Gasteiger partial charge in [-0.2, -0.15) is 0 Å². The van der Waals surface area contributed by atoms with E-state index in [1.165, 1.54) is 0 Å². The number of rotatable bonds is 1. The van der Waals surface area contributed by atoms with Crippen LogP contribution >= 0.6 is 0 Å². The molecule has 0 N–H and O–H groups in total. The summed E-state index contributed by atoms with van der Waals surface area (Å²) >= 11 is 0. The molecule has 1 heterocycles. The predicted molar refractivity (Wildman–Crippen MR) is 49.8 cm³/mol. The van der Waals surface area contributed by atoms with Crippen molar-refractivity contribution in [2.75, 3.05) is 0 Å². The highest BCUT2D eigenvalue weighted by molar-refractivity contribution is 5.82. The minimum atomic E-state index is 0.0602. The molecule has 1 aliphatic rings. The van der Waals surface area contributed by atoms with E-state index < -0.39 is 0 Å². The van der Waals surface area contributed by atoms with Crippen molar-refractivity contribution >= 4 is 5.91 Å². The number of likely N-dealkylation sites (tertiary alicyclic amines) is 1. The molecule has 0 saturated carbocycles. The van der Waals surface area contributed by atoms with E-state index in [0.717, 1.165) is 6.42 Å². The Bertz CT molecular complexity index is 196. The number of carbonyl (C=O) groups excluding carboxylic acids is 1. The lowest BCUT2D eigenvalue weighted by molar-refractivity contribution is -0.134. The number of hydrogen-bond acceptors (Lipinski definition) is 1. The second kappa shape index (κ2) is 2.75. The molecule has 0 aromatic rings. The van der Waals surface area contributed by atoms with Gasteiger partial charge in [-0.15, -0.1) is 0 Å². The molecule has 1 aliphatic heterocycles. The highest BCUT2D eigenvalue weighted by Gasteiger charge is 2.43. The van der Waals surface area contributed by atoms with Gasteiger partial charge in [0, 0.05) is 17.5 Å². The molecule has 70 valence electrons. The molecule has 1 fully saturated rings. The van der Waals surface area contributed by atoms with Crippen LogP contribution in [0.3, 0.4) is 0 Å². The third-order valence-electron chi connectivity index (χ3n) is 2.63. The second-order valence-corrected chi connectivity index (χ2v) is 4.72. The van der Waals surface area contributed by atoms with E-state index in [9.17, 15) is 4.79 Å². The molecule has 1 rings (SSSR count). The summed E-state index contributed by atoms with van der Waals surface area (Å²) < 4.78 is 0. The maximum absolute atomic E-state index is 11.7. The Balaban J connectivity index is 2.89. The van der Waals surface area contributed by atoms with Crippen molar-refractivity contribution in [3.05, 3.63) is 0 Å². The molecule has 1 atom stereocenters. The molecule has 0 spiro atoms. The lowest BCUT2D eigenvalue weighted by Gasteiger charge is -2.35. The third kappa shape index (κ3) is 1.35. The van der Waals surface area contributed by atoms with Gasteiger partial charge in [-0.1, -0.05) is 6.92 Å². The Kier molecular flexibility index (Phi) is 2.19. The molecule has 1 unspecified atom stereocenters. The fourth-order valence-electron chi connectivity index (χ4n) is 2.42. The van der Waals surface area contributed by atoms with Gasteiger partial charge in [-0.05, 0) is 34.1 Å². The first-order valence-electron chi connectivity index (χ1n) is 4.69. The van der Waals surface area contributed by atoms with Crippen molar-refractivity contribution in [1.82, 2.24) is 4.90 Å². The van der Waals surface area contributed by atoms with Crippen LogP contribution in [-0.2, 0) is 4.79 Å². The van der Waals surface area contributed by atoms with E-state index in [2.05, 4.69) is 27.7 Å². The van der Waals surface area contributed by atoms with Gasteiger partial charge < -0.3 is 4.90 Å². The normalized spacial score (nSPS) is 28.7. The van der Waals surface area contributed by atoms with Crippen molar-refractivity contribution < 1.29 is 4.79 Å². The zero-order valence-corrected chi connectivity index (χ0v) is 8.72. The maximum atomic E-state index is 11.7. The SMILES string of the molecule is CC1CC(C)(C)N(C(C)C)C1=O. The fraction of sp³-hybridized carbons (Fsp3) is 0.900. The van der Waals surface area contributed by atoms with Gasteiger partial charge in [0.25, 0.3) is 0 Å². The Hall–Kier alpha value is -0.530. The largest absolute Gasteiger partial charge is 0.335 e. The Morgan fingerprint density at radius 2 is 2.00 bits per heavy atom. The van der Waals surface area contributed by atoms with Gasteiger partial charge in [0.2, 0.25) is 5.91 Å². The molecule has 0 aromatic heterocycles. The molecular formula is C10H19NO. The van der Waals surface area contributed by atoms with E-state index in [1.807, 2.05) is 11.8 Å². The zero-order valence-electron chi connectivity index (χ0n) is 8.72.